The highest BCUT2D eigenvalue weighted by atomic mass is 16.5. The van der Waals surface area contributed by atoms with Gasteiger partial charge in [0, 0.05) is 25.1 Å². The van der Waals surface area contributed by atoms with Crippen LogP contribution >= 0.6 is 0 Å². The molecule has 0 bridgehead atoms. The summed E-state index contributed by atoms with van der Waals surface area (Å²) in [6.07, 6.45) is 1.17. The number of ether oxygens (including phenoxy) is 1. The SMILES string of the molecule is COc1ccc(C[C@H](N)C(=O)N2CCc3nc(-c4ccccc4)nn3CC2)cc1. The number of hydrogen-bond acceptors (Lipinski definition) is 5. The molecule has 2 N–H and O–H groups in total. The quantitative estimate of drug-likeness (QED) is 0.718. The molecule has 4 rings (SSSR count). The van der Waals surface area contributed by atoms with Crippen LogP contribution in [-0.4, -0.2) is 51.8 Å². The molecule has 1 aromatic heterocycles. The van der Waals surface area contributed by atoms with E-state index in [4.69, 9.17) is 10.5 Å². The van der Waals surface area contributed by atoms with Crippen molar-refractivity contribution in [3.8, 4) is 17.1 Å². The number of amides is 1. The van der Waals surface area contributed by atoms with Crippen molar-refractivity contribution in [1.82, 2.24) is 19.7 Å². The van der Waals surface area contributed by atoms with E-state index < -0.39 is 6.04 Å². The molecule has 7 heteroatoms. The highest BCUT2D eigenvalue weighted by Crippen LogP contribution is 2.18. The minimum atomic E-state index is -0.568. The Balaban J connectivity index is 1.38. The van der Waals surface area contributed by atoms with Crippen molar-refractivity contribution in [3.63, 3.8) is 0 Å². The van der Waals surface area contributed by atoms with Crippen LogP contribution in [0.4, 0.5) is 0 Å². The number of hydrogen-bond donors (Lipinski definition) is 1. The lowest BCUT2D eigenvalue weighted by atomic mass is 10.1. The average molecular weight is 391 g/mol. The number of benzene rings is 2. The first kappa shape index (κ1) is 19.1. The molecular weight excluding hydrogens is 366 g/mol. The molecule has 1 aliphatic rings. The molecule has 0 spiro atoms. The van der Waals surface area contributed by atoms with Crippen molar-refractivity contribution in [2.24, 2.45) is 5.73 Å². The van der Waals surface area contributed by atoms with Crippen LogP contribution < -0.4 is 10.5 Å². The zero-order valence-electron chi connectivity index (χ0n) is 16.5. The lowest BCUT2D eigenvalue weighted by molar-refractivity contribution is -0.132. The Morgan fingerprint density at radius 3 is 2.59 bits per heavy atom. The van der Waals surface area contributed by atoms with Gasteiger partial charge in [-0.2, -0.15) is 5.10 Å². The van der Waals surface area contributed by atoms with E-state index >= 15 is 0 Å². The molecule has 2 heterocycles. The van der Waals surface area contributed by atoms with E-state index in [9.17, 15) is 4.79 Å². The van der Waals surface area contributed by atoms with Crippen molar-refractivity contribution in [1.29, 1.82) is 0 Å². The minimum Gasteiger partial charge on any atom is -0.497 e. The van der Waals surface area contributed by atoms with Crippen molar-refractivity contribution >= 4 is 5.91 Å². The Labute approximate surface area is 170 Å². The second-order valence-electron chi connectivity index (χ2n) is 7.17. The van der Waals surface area contributed by atoms with Crippen molar-refractivity contribution in [3.05, 3.63) is 66.0 Å². The first-order chi connectivity index (χ1) is 14.1. The molecule has 1 aliphatic heterocycles. The van der Waals surface area contributed by atoms with Gasteiger partial charge in [-0.1, -0.05) is 42.5 Å². The molecule has 0 fully saturated rings. The Hall–Kier alpha value is -3.19. The summed E-state index contributed by atoms with van der Waals surface area (Å²) in [6, 6.07) is 17.0. The predicted octanol–water partition coefficient (Wildman–Crippen LogP) is 1.91. The third-order valence-electron chi connectivity index (χ3n) is 5.21. The fourth-order valence-electron chi connectivity index (χ4n) is 3.57. The summed E-state index contributed by atoms with van der Waals surface area (Å²) >= 11 is 0. The van der Waals surface area contributed by atoms with E-state index in [1.165, 1.54) is 0 Å². The average Bonchev–Trinajstić information content (AvgIpc) is 3.07. The highest BCUT2D eigenvalue weighted by Gasteiger charge is 2.25. The molecule has 0 aliphatic carbocycles. The number of rotatable bonds is 5. The molecule has 0 radical (unpaired) electrons. The number of fused-ring (bicyclic) bond motifs is 1. The van der Waals surface area contributed by atoms with Crippen LogP contribution in [0.2, 0.25) is 0 Å². The molecule has 1 amide bonds. The lowest BCUT2D eigenvalue weighted by Crippen LogP contribution is -2.46. The Kier molecular flexibility index (Phi) is 5.57. The zero-order chi connectivity index (χ0) is 20.2. The van der Waals surface area contributed by atoms with Gasteiger partial charge in [0.15, 0.2) is 5.82 Å². The van der Waals surface area contributed by atoms with Gasteiger partial charge >= 0.3 is 0 Å². The van der Waals surface area contributed by atoms with Crippen molar-refractivity contribution in [2.75, 3.05) is 20.2 Å². The Bertz CT molecular complexity index is 943. The van der Waals surface area contributed by atoms with Crippen LogP contribution in [0.15, 0.2) is 54.6 Å². The maximum absolute atomic E-state index is 12.9. The standard InChI is InChI=1S/C22H25N5O2/c1-29-18-9-7-16(8-10-18)15-19(23)22(28)26-12-11-20-24-21(25-27(20)14-13-26)17-5-3-2-4-6-17/h2-10,19H,11-15,23H2,1H3/t19-/m0/s1. The first-order valence-corrected chi connectivity index (χ1v) is 9.80. The largest absolute Gasteiger partial charge is 0.497 e. The predicted molar refractivity (Wildman–Crippen MR) is 110 cm³/mol. The molecule has 0 saturated carbocycles. The zero-order valence-corrected chi connectivity index (χ0v) is 16.5. The molecule has 3 aromatic rings. The van der Waals surface area contributed by atoms with Gasteiger partial charge in [0.05, 0.1) is 19.7 Å². The van der Waals surface area contributed by atoms with Gasteiger partial charge in [0.2, 0.25) is 5.91 Å². The second kappa shape index (κ2) is 8.45. The summed E-state index contributed by atoms with van der Waals surface area (Å²) in [7, 11) is 1.63. The smallest absolute Gasteiger partial charge is 0.239 e. The van der Waals surface area contributed by atoms with E-state index in [-0.39, 0.29) is 5.91 Å². The second-order valence-corrected chi connectivity index (χ2v) is 7.17. The molecule has 7 nitrogen and oxygen atoms in total. The molecule has 1 atom stereocenters. The number of aromatic nitrogens is 3. The lowest BCUT2D eigenvalue weighted by Gasteiger charge is -2.23. The van der Waals surface area contributed by atoms with E-state index in [0.717, 1.165) is 28.5 Å². The third-order valence-corrected chi connectivity index (χ3v) is 5.21. The molecular formula is C22H25N5O2. The van der Waals surface area contributed by atoms with E-state index in [1.54, 1.807) is 7.11 Å². The monoisotopic (exact) mass is 391 g/mol. The normalized spacial score (nSPS) is 14.8. The van der Waals surface area contributed by atoms with Crippen LogP contribution in [0.1, 0.15) is 11.4 Å². The maximum atomic E-state index is 12.9. The number of nitrogens with zero attached hydrogens (tertiary/aromatic N) is 4. The van der Waals surface area contributed by atoms with Gasteiger partial charge in [-0.15, -0.1) is 0 Å². The molecule has 29 heavy (non-hydrogen) atoms. The molecule has 0 unspecified atom stereocenters. The van der Waals surface area contributed by atoms with Gasteiger partial charge < -0.3 is 15.4 Å². The summed E-state index contributed by atoms with van der Waals surface area (Å²) in [6.45, 7) is 1.80. The first-order valence-electron chi connectivity index (χ1n) is 9.80. The van der Waals surface area contributed by atoms with Crippen LogP contribution in [-0.2, 0) is 24.2 Å². The van der Waals surface area contributed by atoms with E-state index in [0.29, 0.717) is 32.5 Å². The molecule has 2 aromatic carbocycles. The van der Waals surface area contributed by atoms with Gasteiger partial charge in [-0.3, -0.25) is 4.79 Å². The Morgan fingerprint density at radius 2 is 1.86 bits per heavy atom. The topological polar surface area (TPSA) is 86.3 Å². The van der Waals surface area contributed by atoms with Gasteiger partial charge in [0.1, 0.15) is 11.6 Å². The van der Waals surface area contributed by atoms with Crippen LogP contribution in [0.3, 0.4) is 0 Å². The third kappa shape index (κ3) is 4.30. The molecule has 150 valence electrons. The summed E-state index contributed by atoms with van der Waals surface area (Å²) in [5.41, 5.74) is 8.24. The van der Waals surface area contributed by atoms with Gasteiger partial charge in [0.25, 0.3) is 0 Å². The van der Waals surface area contributed by atoms with E-state index in [1.807, 2.05) is 64.2 Å². The van der Waals surface area contributed by atoms with Crippen LogP contribution in [0.25, 0.3) is 11.4 Å². The number of methoxy groups -OCH3 is 1. The summed E-state index contributed by atoms with van der Waals surface area (Å²) in [5.74, 6) is 2.40. The number of carbonyl (C=O) groups is 1. The summed E-state index contributed by atoms with van der Waals surface area (Å²) in [4.78, 5) is 19.4. The Morgan fingerprint density at radius 1 is 1.10 bits per heavy atom. The van der Waals surface area contributed by atoms with Crippen molar-refractivity contribution < 1.29 is 9.53 Å². The number of nitrogens with two attached hydrogens (primary N) is 1. The van der Waals surface area contributed by atoms with Crippen LogP contribution in [0, 0.1) is 0 Å². The minimum absolute atomic E-state index is 0.0325. The van der Waals surface area contributed by atoms with Crippen molar-refractivity contribution in [2.45, 2.75) is 25.4 Å². The summed E-state index contributed by atoms with van der Waals surface area (Å²) < 4.78 is 7.08. The molecule has 0 saturated heterocycles. The fraction of sp³-hybridized carbons (Fsp3) is 0.318. The maximum Gasteiger partial charge on any atom is 0.239 e. The fourth-order valence-corrected chi connectivity index (χ4v) is 3.57. The highest BCUT2D eigenvalue weighted by molar-refractivity contribution is 5.82. The van der Waals surface area contributed by atoms with Gasteiger partial charge in [-0.25, -0.2) is 9.67 Å². The summed E-state index contributed by atoms with van der Waals surface area (Å²) in [5, 5.41) is 4.63. The van der Waals surface area contributed by atoms with E-state index in [2.05, 4.69) is 10.1 Å². The van der Waals surface area contributed by atoms with Gasteiger partial charge in [-0.05, 0) is 24.1 Å². The number of carbonyl (C=O) groups excluding carboxylic acids is 1. The van der Waals surface area contributed by atoms with Crippen LogP contribution in [0.5, 0.6) is 5.75 Å².